The zero-order valence-electron chi connectivity index (χ0n) is 20.6. The molecule has 3 aromatic carbocycles. The molecule has 1 N–H and O–H groups in total. The van der Waals surface area contributed by atoms with E-state index >= 15 is 0 Å². The van der Waals surface area contributed by atoms with Gasteiger partial charge in [-0.3, -0.25) is 9.59 Å². The maximum absolute atomic E-state index is 13.6. The Morgan fingerprint density at radius 2 is 1.66 bits per heavy atom. The number of benzene rings is 3. The van der Waals surface area contributed by atoms with Gasteiger partial charge in [-0.2, -0.15) is 0 Å². The molecule has 0 saturated heterocycles. The second-order valence-electron chi connectivity index (χ2n) is 8.63. The van der Waals surface area contributed by atoms with E-state index in [1.807, 2.05) is 81.4 Å². The van der Waals surface area contributed by atoms with E-state index in [1.54, 1.807) is 17.0 Å². The van der Waals surface area contributed by atoms with Gasteiger partial charge in [0, 0.05) is 24.5 Å². The number of amides is 2. The number of carbonyl (C=O) groups is 2. The van der Waals surface area contributed by atoms with Gasteiger partial charge < -0.3 is 15.0 Å². The molecule has 1 atom stereocenters. The van der Waals surface area contributed by atoms with Crippen LogP contribution in [0.5, 0.6) is 5.75 Å². The Kier molecular flexibility index (Phi) is 9.74. The van der Waals surface area contributed by atoms with Gasteiger partial charge in [0.1, 0.15) is 11.8 Å². The van der Waals surface area contributed by atoms with Crippen LogP contribution >= 0.6 is 11.6 Å². The van der Waals surface area contributed by atoms with Crippen LogP contribution in [0.1, 0.15) is 35.6 Å². The molecule has 3 aromatic rings. The first-order valence-electron chi connectivity index (χ1n) is 11.9. The van der Waals surface area contributed by atoms with Crippen LogP contribution in [-0.4, -0.2) is 35.9 Å². The molecular formula is C29H33ClN2O3. The van der Waals surface area contributed by atoms with Crippen molar-refractivity contribution < 1.29 is 14.3 Å². The minimum Gasteiger partial charge on any atom is -0.483 e. The van der Waals surface area contributed by atoms with Gasteiger partial charge in [0.25, 0.3) is 5.91 Å². The van der Waals surface area contributed by atoms with Gasteiger partial charge in [-0.15, -0.1) is 0 Å². The summed E-state index contributed by atoms with van der Waals surface area (Å²) in [5.41, 5.74) is 3.95. The van der Waals surface area contributed by atoms with Crippen molar-refractivity contribution in [2.24, 2.45) is 0 Å². The lowest BCUT2D eigenvalue weighted by Gasteiger charge is -2.31. The Labute approximate surface area is 213 Å². The highest BCUT2D eigenvalue weighted by Gasteiger charge is 2.30. The van der Waals surface area contributed by atoms with Crippen LogP contribution in [0.3, 0.4) is 0 Å². The zero-order chi connectivity index (χ0) is 25.2. The molecule has 0 aromatic heterocycles. The molecule has 0 unspecified atom stereocenters. The van der Waals surface area contributed by atoms with E-state index in [0.29, 0.717) is 23.7 Å². The number of aryl methyl sites for hydroxylation is 1. The average molecular weight is 493 g/mol. The van der Waals surface area contributed by atoms with Crippen LogP contribution in [0.4, 0.5) is 0 Å². The van der Waals surface area contributed by atoms with Crippen molar-refractivity contribution >= 4 is 23.4 Å². The average Bonchev–Trinajstić information content (AvgIpc) is 2.87. The van der Waals surface area contributed by atoms with E-state index in [4.69, 9.17) is 16.3 Å². The number of nitrogens with one attached hydrogen (secondary N) is 1. The summed E-state index contributed by atoms with van der Waals surface area (Å²) >= 11 is 6.07. The minimum absolute atomic E-state index is 0.162. The SMILES string of the molecule is CCCNC(=O)[C@@H](Cc1ccccc1)N(Cc1ccc(Cl)cc1)C(=O)COc1cccc(C)c1C. The Morgan fingerprint density at radius 1 is 0.943 bits per heavy atom. The molecule has 5 nitrogen and oxygen atoms in total. The molecule has 0 aliphatic rings. The van der Waals surface area contributed by atoms with Crippen LogP contribution in [0.2, 0.25) is 5.02 Å². The van der Waals surface area contributed by atoms with E-state index < -0.39 is 6.04 Å². The van der Waals surface area contributed by atoms with E-state index in [0.717, 1.165) is 28.7 Å². The Bertz CT molecular complexity index is 1120. The summed E-state index contributed by atoms with van der Waals surface area (Å²) < 4.78 is 5.93. The summed E-state index contributed by atoms with van der Waals surface area (Å²) in [5.74, 6) is 0.234. The molecular weight excluding hydrogens is 460 g/mol. The highest BCUT2D eigenvalue weighted by Crippen LogP contribution is 2.22. The van der Waals surface area contributed by atoms with Gasteiger partial charge in [-0.05, 0) is 60.7 Å². The van der Waals surface area contributed by atoms with Gasteiger partial charge in [-0.25, -0.2) is 0 Å². The number of hydrogen-bond donors (Lipinski definition) is 1. The molecule has 6 heteroatoms. The fraction of sp³-hybridized carbons (Fsp3) is 0.310. The van der Waals surface area contributed by atoms with Crippen molar-refractivity contribution in [2.75, 3.05) is 13.2 Å². The maximum Gasteiger partial charge on any atom is 0.261 e. The quantitative estimate of drug-likeness (QED) is 0.384. The normalized spacial score (nSPS) is 11.5. The first-order chi connectivity index (χ1) is 16.9. The second kappa shape index (κ2) is 13.0. The lowest BCUT2D eigenvalue weighted by Crippen LogP contribution is -2.51. The largest absolute Gasteiger partial charge is 0.483 e. The van der Waals surface area contributed by atoms with Crippen molar-refractivity contribution in [1.82, 2.24) is 10.2 Å². The van der Waals surface area contributed by atoms with Crippen molar-refractivity contribution in [3.63, 3.8) is 0 Å². The van der Waals surface area contributed by atoms with Crippen molar-refractivity contribution in [3.05, 3.63) is 100 Å². The number of nitrogens with zero attached hydrogens (tertiary/aromatic N) is 1. The van der Waals surface area contributed by atoms with Crippen LogP contribution < -0.4 is 10.1 Å². The van der Waals surface area contributed by atoms with Crippen molar-refractivity contribution in [1.29, 1.82) is 0 Å². The summed E-state index contributed by atoms with van der Waals surface area (Å²) in [4.78, 5) is 28.5. The summed E-state index contributed by atoms with van der Waals surface area (Å²) in [6.07, 6.45) is 1.21. The lowest BCUT2D eigenvalue weighted by molar-refractivity contribution is -0.142. The molecule has 0 heterocycles. The highest BCUT2D eigenvalue weighted by molar-refractivity contribution is 6.30. The molecule has 0 radical (unpaired) electrons. The summed E-state index contributed by atoms with van der Waals surface area (Å²) in [6.45, 7) is 6.63. The lowest BCUT2D eigenvalue weighted by atomic mass is 10.0. The number of carbonyl (C=O) groups excluding carboxylic acids is 2. The van der Waals surface area contributed by atoms with E-state index in [2.05, 4.69) is 5.32 Å². The molecule has 0 bridgehead atoms. The summed E-state index contributed by atoms with van der Waals surface area (Å²) in [5, 5.41) is 3.60. The Morgan fingerprint density at radius 3 is 2.34 bits per heavy atom. The molecule has 3 rings (SSSR count). The predicted octanol–water partition coefficient (Wildman–Crippen LogP) is 5.50. The predicted molar refractivity (Wildman–Crippen MR) is 141 cm³/mol. The third kappa shape index (κ3) is 7.59. The van der Waals surface area contributed by atoms with Gasteiger partial charge in [0.05, 0.1) is 0 Å². The van der Waals surface area contributed by atoms with Crippen LogP contribution in [0, 0.1) is 13.8 Å². The molecule has 184 valence electrons. The molecule has 0 spiro atoms. The highest BCUT2D eigenvalue weighted by atomic mass is 35.5. The van der Waals surface area contributed by atoms with Crippen LogP contribution in [0.15, 0.2) is 72.8 Å². The monoisotopic (exact) mass is 492 g/mol. The molecule has 0 aliphatic heterocycles. The van der Waals surface area contributed by atoms with Crippen molar-refractivity contribution in [3.8, 4) is 5.75 Å². The van der Waals surface area contributed by atoms with Gasteiger partial charge in [-0.1, -0.05) is 73.1 Å². The van der Waals surface area contributed by atoms with E-state index in [-0.39, 0.29) is 25.0 Å². The number of ether oxygens (including phenoxy) is 1. The van der Waals surface area contributed by atoms with Gasteiger partial charge in [0.15, 0.2) is 6.61 Å². The Hall–Kier alpha value is -3.31. The standard InChI is InChI=1S/C29H33ClN2O3/c1-4-17-31-29(34)26(18-23-10-6-5-7-11-23)32(19-24-13-15-25(30)16-14-24)28(33)20-35-27-12-8-9-21(2)22(27)3/h5-16,26H,4,17-20H2,1-3H3,(H,31,34)/t26-/m1/s1. The first-order valence-corrected chi connectivity index (χ1v) is 12.3. The van der Waals surface area contributed by atoms with Gasteiger partial charge >= 0.3 is 0 Å². The van der Waals surface area contributed by atoms with E-state index in [1.165, 1.54) is 0 Å². The number of halogens is 1. The fourth-order valence-electron chi connectivity index (χ4n) is 3.81. The summed E-state index contributed by atoms with van der Waals surface area (Å²) in [7, 11) is 0. The van der Waals surface area contributed by atoms with E-state index in [9.17, 15) is 9.59 Å². The number of rotatable bonds is 11. The third-order valence-electron chi connectivity index (χ3n) is 5.99. The molecule has 0 saturated carbocycles. The van der Waals surface area contributed by atoms with Gasteiger partial charge in [0.2, 0.25) is 5.91 Å². The second-order valence-corrected chi connectivity index (χ2v) is 9.07. The van der Waals surface area contributed by atoms with Crippen LogP contribution in [0.25, 0.3) is 0 Å². The first kappa shape index (κ1) is 26.3. The van der Waals surface area contributed by atoms with Crippen LogP contribution in [-0.2, 0) is 22.6 Å². The minimum atomic E-state index is -0.686. The Balaban J connectivity index is 1.90. The molecule has 0 aliphatic carbocycles. The smallest absolute Gasteiger partial charge is 0.261 e. The molecule has 2 amide bonds. The van der Waals surface area contributed by atoms with Crippen molar-refractivity contribution in [2.45, 2.75) is 46.2 Å². The number of hydrogen-bond acceptors (Lipinski definition) is 3. The summed E-state index contributed by atoms with van der Waals surface area (Å²) in [6, 6.07) is 22.1. The maximum atomic E-state index is 13.6. The molecule has 35 heavy (non-hydrogen) atoms. The third-order valence-corrected chi connectivity index (χ3v) is 6.24. The zero-order valence-corrected chi connectivity index (χ0v) is 21.3. The fourth-order valence-corrected chi connectivity index (χ4v) is 3.94. The molecule has 0 fully saturated rings. The topological polar surface area (TPSA) is 58.6 Å².